The fourth-order valence-electron chi connectivity index (χ4n) is 6.16. The number of esters is 1. The Morgan fingerprint density at radius 1 is 1.22 bits per heavy atom. The van der Waals surface area contributed by atoms with Crippen LogP contribution >= 0.6 is 0 Å². The lowest BCUT2D eigenvalue weighted by atomic mass is 9.45. The Morgan fingerprint density at radius 2 is 1.96 bits per heavy atom. The monoisotopic (exact) mass is 316 g/mol. The zero-order valence-electron chi connectivity index (χ0n) is 14.7. The van der Waals surface area contributed by atoms with Crippen LogP contribution in [0.15, 0.2) is 22.8 Å². The summed E-state index contributed by atoms with van der Waals surface area (Å²) in [5, 5.41) is 10.8. The van der Waals surface area contributed by atoms with Gasteiger partial charge in [0.1, 0.15) is 6.10 Å². The van der Waals surface area contributed by atoms with Gasteiger partial charge < -0.3 is 9.84 Å². The molecule has 0 amide bonds. The van der Waals surface area contributed by atoms with Crippen LogP contribution in [-0.2, 0) is 9.53 Å². The maximum absolute atomic E-state index is 11.9. The van der Waals surface area contributed by atoms with Gasteiger partial charge in [0, 0.05) is 11.1 Å². The fourth-order valence-corrected chi connectivity index (χ4v) is 6.16. The third-order valence-corrected chi connectivity index (χ3v) is 7.43. The lowest BCUT2D eigenvalue weighted by molar-refractivity contribution is -0.142. The van der Waals surface area contributed by atoms with E-state index in [1.54, 1.807) is 0 Å². The highest BCUT2D eigenvalue weighted by Gasteiger charge is 2.57. The summed E-state index contributed by atoms with van der Waals surface area (Å²) in [4.78, 5) is 11.9. The number of rotatable bonds is 0. The summed E-state index contributed by atoms with van der Waals surface area (Å²) in [6.45, 7) is 8.99. The Labute approximate surface area is 138 Å². The van der Waals surface area contributed by atoms with Crippen molar-refractivity contribution in [1.82, 2.24) is 0 Å². The number of aliphatic hydroxyl groups is 1. The van der Waals surface area contributed by atoms with E-state index < -0.39 is 0 Å². The van der Waals surface area contributed by atoms with Gasteiger partial charge in [-0.25, -0.2) is 4.79 Å². The first-order chi connectivity index (χ1) is 10.7. The number of aliphatic hydroxyl groups excluding tert-OH is 1. The Morgan fingerprint density at radius 3 is 2.70 bits per heavy atom. The van der Waals surface area contributed by atoms with Gasteiger partial charge in [0.05, 0.1) is 6.10 Å². The molecule has 4 rings (SSSR count). The van der Waals surface area contributed by atoms with Crippen molar-refractivity contribution < 1.29 is 14.6 Å². The van der Waals surface area contributed by atoms with E-state index in [-0.39, 0.29) is 29.0 Å². The molecule has 3 aliphatic carbocycles. The molecular formula is C20H28O3. The van der Waals surface area contributed by atoms with E-state index in [9.17, 15) is 9.90 Å². The van der Waals surface area contributed by atoms with Crippen LogP contribution in [0.2, 0.25) is 0 Å². The Balaban J connectivity index is 1.79. The van der Waals surface area contributed by atoms with Crippen molar-refractivity contribution in [3.05, 3.63) is 22.8 Å². The van der Waals surface area contributed by atoms with Crippen LogP contribution in [0.1, 0.15) is 59.8 Å². The lowest BCUT2D eigenvalue weighted by Crippen LogP contribution is -2.54. The van der Waals surface area contributed by atoms with Gasteiger partial charge in [-0.15, -0.1) is 0 Å². The Kier molecular flexibility index (Phi) is 3.17. The molecule has 2 fully saturated rings. The van der Waals surface area contributed by atoms with E-state index in [2.05, 4.69) is 26.8 Å². The smallest absolute Gasteiger partial charge is 0.334 e. The number of carbonyl (C=O) groups is 1. The highest BCUT2D eigenvalue weighted by Crippen LogP contribution is 2.63. The molecule has 5 atom stereocenters. The molecule has 3 heteroatoms. The standard InChI is InChI=1S/C20H28O3/c1-11-12-8-13-14(9-16(12)23-18(11)22)20(4)7-5-6-19(2,3)17(20)10-15(13)21/h8,14-17,21H,5-7,9-10H2,1-4H3/t14-,15+,16-,17+,20+/m1/s1. The first-order valence-electron chi connectivity index (χ1n) is 9.05. The summed E-state index contributed by atoms with van der Waals surface area (Å²) < 4.78 is 5.60. The maximum Gasteiger partial charge on any atom is 0.334 e. The summed E-state index contributed by atoms with van der Waals surface area (Å²) in [6, 6.07) is 0. The molecule has 0 aromatic rings. The molecule has 1 heterocycles. The molecule has 126 valence electrons. The highest BCUT2D eigenvalue weighted by atomic mass is 16.5. The van der Waals surface area contributed by atoms with Crippen LogP contribution in [0.25, 0.3) is 0 Å². The topological polar surface area (TPSA) is 46.5 Å². The normalized spacial score (nSPS) is 44.9. The van der Waals surface area contributed by atoms with E-state index in [0.717, 1.165) is 29.6 Å². The maximum atomic E-state index is 11.9. The van der Waals surface area contributed by atoms with Gasteiger partial charge in [-0.05, 0) is 60.8 Å². The minimum atomic E-state index is -0.368. The highest BCUT2D eigenvalue weighted by molar-refractivity contribution is 5.92. The molecule has 1 aliphatic heterocycles. The number of carbonyl (C=O) groups excluding carboxylic acids is 1. The van der Waals surface area contributed by atoms with Crippen molar-refractivity contribution in [1.29, 1.82) is 0 Å². The third kappa shape index (κ3) is 2.02. The van der Waals surface area contributed by atoms with Gasteiger partial charge in [-0.3, -0.25) is 0 Å². The van der Waals surface area contributed by atoms with Crippen molar-refractivity contribution in [3.63, 3.8) is 0 Å². The molecule has 1 N–H and O–H groups in total. The van der Waals surface area contributed by atoms with Crippen molar-refractivity contribution in [3.8, 4) is 0 Å². The molecule has 2 saturated carbocycles. The first kappa shape index (κ1) is 15.4. The molecule has 0 unspecified atom stereocenters. The van der Waals surface area contributed by atoms with Crippen LogP contribution in [0, 0.1) is 22.7 Å². The van der Waals surface area contributed by atoms with E-state index in [4.69, 9.17) is 4.74 Å². The molecule has 3 nitrogen and oxygen atoms in total. The van der Waals surface area contributed by atoms with Gasteiger partial charge in [-0.1, -0.05) is 33.3 Å². The van der Waals surface area contributed by atoms with Crippen LogP contribution in [0.5, 0.6) is 0 Å². The van der Waals surface area contributed by atoms with E-state index in [1.807, 2.05) is 6.92 Å². The number of hydrogen-bond donors (Lipinski definition) is 1. The van der Waals surface area contributed by atoms with Crippen molar-refractivity contribution in [2.45, 2.75) is 72.0 Å². The zero-order chi connectivity index (χ0) is 16.6. The van der Waals surface area contributed by atoms with Gasteiger partial charge in [0.15, 0.2) is 0 Å². The van der Waals surface area contributed by atoms with Crippen molar-refractivity contribution in [2.24, 2.45) is 22.7 Å². The second kappa shape index (κ2) is 4.72. The van der Waals surface area contributed by atoms with Gasteiger partial charge >= 0.3 is 5.97 Å². The molecule has 0 saturated heterocycles. The second-order valence-corrected chi connectivity index (χ2v) is 9.06. The molecule has 0 radical (unpaired) electrons. The van der Waals surface area contributed by atoms with Crippen LogP contribution in [0.3, 0.4) is 0 Å². The average Bonchev–Trinajstić information content (AvgIpc) is 2.75. The van der Waals surface area contributed by atoms with Gasteiger partial charge in [0.25, 0.3) is 0 Å². The summed E-state index contributed by atoms with van der Waals surface area (Å²) in [6.07, 6.45) is 7.07. The summed E-state index contributed by atoms with van der Waals surface area (Å²) in [5.74, 6) is 0.688. The molecule has 0 aromatic carbocycles. The van der Waals surface area contributed by atoms with Gasteiger partial charge in [0.2, 0.25) is 0 Å². The molecule has 4 aliphatic rings. The second-order valence-electron chi connectivity index (χ2n) is 9.06. The number of ether oxygens (including phenoxy) is 1. The largest absolute Gasteiger partial charge is 0.454 e. The summed E-state index contributed by atoms with van der Waals surface area (Å²) in [5.41, 5.74) is 3.38. The fraction of sp³-hybridized carbons (Fsp3) is 0.750. The molecule has 23 heavy (non-hydrogen) atoms. The molecule has 0 bridgehead atoms. The Bertz CT molecular complexity index is 627. The quantitative estimate of drug-likeness (QED) is 0.692. The molecule has 0 aromatic heterocycles. The predicted octanol–water partition coefficient (Wildman–Crippen LogP) is 3.77. The summed E-state index contributed by atoms with van der Waals surface area (Å²) >= 11 is 0. The van der Waals surface area contributed by atoms with Crippen LogP contribution in [0.4, 0.5) is 0 Å². The van der Waals surface area contributed by atoms with E-state index >= 15 is 0 Å². The Hall–Kier alpha value is -1.09. The molecular weight excluding hydrogens is 288 g/mol. The SMILES string of the molecule is CC1=C2C=C3[C@@H](C[C@H]2OC1=O)[C@]1(C)CCCC(C)(C)[C@@H]1C[C@@H]3O. The van der Waals surface area contributed by atoms with Gasteiger partial charge in [-0.2, -0.15) is 0 Å². The van der Waals surface area contributed by atoms with E-state index in [0.29, 0.717) is 11.8 Å². The van der Waals surface area contributed by atoms with Crippen molar-refractivity contribution in [2.75, 3.05) is 0 Å². The molecule has 0 spiro atoms. The zero-order valence-corrected chi connectivity index (χ0v) is 14.7. The predicted molar refractivity (Wildman–Crippen MR) is 88.6 cm³/mol. The minimum Gasteiger partial charge on any atom is -0.454 e. The summed E-state index contributed by atoms with van der Waals surface area (Å²) in [7, 11) is 0. The first-order valence-corrected chi connectivity index (χ1v) is 9.05. The van der Waals surface area contributed by atoms with Crippen LogP contribution < -0.4 is 0 Å². The van der Waals surface area contributed by atoms with Crippen molar-refractivity contribution >= 4 is 5.97 Å². The number of fused-ring (bicyclic) bond motifs is 4. The lowest BCUT2D eigenvalue weighted by Gasteiger charge is -2.60. The van der Waals surface area contributed by atoms with Crippen LogP contribution in [-0.4, -0.2) is 23.3 Å². The third-order valence-electron chi connectivity index (χ3n) is 7.43. The van der Waals surface area contributed by atoms with E-state index in [1.165, 1.54) is 19.3 Å². The minimum absolute atomic E-state index is 0.0935. The average molecular weight is 316 g/mol. The number of hydrogen-bond acceptors (Lipinski definition) is 3.